The molecule has 1 unspecified atom stereocenters. The Kier molecular flexibility index (Phi) is 9.20. The number of hydrogen-bond donors (Lipinski definition) is 1. The Balaban J connectivity index is 1.81. The van der Waals surface area contributed by atoms with Gasteiger partial charge in [-0.3, -0.25) is 9.59 Å². The van der Waals surface area contributed by atoms with Gasteiger partial charge in [-0.15, -0.1) is 0 Å². The molecule has 2 aliphatic heterocycles. The van der Waals surface area contributed by atoms with E-state index in [0.717, 1.165) is 0 Å². The van der Waals surface area contributed by atoms with E-state index in [4.69, 9.17) is 4.74 Å². The van der Waals surface area contributed by atoms with Gasteiger partial charge in [-0.2, -0.15) is 0 Å². The maximum Gasteiger partial charge on any atom is 0.407 e. The summed E-state index contributed by atoms with van der Waals surface area (Å²) in [5, 5.41) is 10.3. The minimum Gasteiger partial charge on any atom is -0.465 e. The van der Waals surface area contributed by atoms with Crippen molar-refractivity contribution in [3.8, 4) is 0 Å². The number of para-hydroxylation sites is 2. The number of nitrogens with zero attached hydrogens (tertiary/aromatic N) is 5. The summed E-state index contributed by atoms with van der Waals surface area (Å²) in [5.74, 6) is -1.54. The molecule has 0 bridgehead atoms. The Labute approximate surface area is 239 Å². The standard InChI is InChI=1S/C29H41F2N5O5/c1-18(2)15-35(27(38)25-32-20-8-6-7-9-21(20)34(25)17-23(30)31)22-14-19(26(37)33-10-12-41-13-11-33)16-36(28(39)40)24(22)29(3,4)5/h6-9,18-19,22-24H,10-17H2,1-5H3,(H,39,40)/t19-,22+,24?/m1/s1. The third-order valence-corrected chi connectivity index (χ3v) is 7.84. The molecule has 10 nitrogen and oxygen atoms in total. The van der Waals surface area contributed by atoms with Gasteiger partial charge in [0.25, 0.3) is 12.3 Å². The molecule has 1 aromatic carbocycles. The zero-order valence-electron chi connectivity index (χ0n) is 24.4. The van der Waals surface area contributed by atoms with Gasteiger partial charge in [0.15, 0.2) is 5.82 Å². The number of aromatic nitrogens is 2. The van der Waals surface area contributed by atoms with E-state index in [2.05, 4.69) is 4.98 Å². The average molecular weight is 578 g/mol. The number of carboxylic acid groups (broad SMARTS) is 1. The highest BCUT2D eigenvalue weighted by Gasteiger charge is 2.50. The molecule has 0 radical (unpaired) electrons. The lowest BCUT2D eigenvalue weighted by Gasteiger charge is -2.52. The van der Waals surface area contributed by atoms with Crippen molar-refractivity contribution in [3.05, 3.63) is 30.1 Å². The number of carbonyl (C=O) groups is 3. The Hall–Kier alpha value is -3.28. The van der Waals surface area contributed by atoms with E-state index in [-0.39, 0.29) is 37.2 Å². The molecular formula is C29H41F2N5O5. The van der Waals surface area contributed by atoms with Crippen LogP contribution in [0.5, 0.6) is 0 Å². The summed E-state index contributed by atoms with van der Waals surface area (Å²) in [5.41, 5.74) is 0.239. The number of alkyl halides is 2. The SMILES string of the molecule is CC(C)CN(C(=O)c1nc2ccccc2n1CC(F)F)[C@H]1C[C@@H](C(=O)N2CCOCC2)CN(C(=O)O)C1C(C)(C)C. The fraction of sp³-hybridized carbons (Fsp3) is 0.655. The number of imidazole rings is 1. The predicted octanol–water partition coefficient (Wildman–Crippen LogP) is 4.04. The van der Waals surface area contributed by atoms with Crippen molar-refractivity contribution in [2.24, 2.45) is 17.3 Å². The fourth-order valence-electron chi connectivity index (χ4n) is 6.27. The maximum atomic E-state index is 14.4. The molecule has 1 aromatic heterocycles. The van der Waals surface area contributed by atoms with Crippen LogP contribution in [0.3, 0.4) is 0 Å². The lowest BCUT2D eigenvalue weighted by atomic mass is 9.74. The van der Waals surface area contributed by atoms with Crippen LogP contribution in [0.2, 0.25) is 0 Å². The highest BCUT2D eigenvalue weighted by atomic mass is 19.3. The first kappa shape index (κ1) is 30.7. The lowest BCUT2D eigenvalue weighted by molar-refractivity contribution is -0.144. The van der Waals surface area contributed by atoms with E-state index in [0.29, 0.717) is 37.3 Å². The normalized spacial score (nSPS) is 22.0. The summed E-state index contributed by atoms with van der Waals surface area (Å²) in [6.45, 7) is 10.8. The third-order valence-electron chi connectivity index (χ3n) is 7.84. The second-order valence-corrected chi connectivity index (χ2v) is 12.5. The second kappa shape index (κ2) is 12.3. The van der Waals surface area contributed by atoms with Gasteiger partial charge >= 0.3 is 6.09 Å². The number of hydrogen-bond acceptors (Lipinski definition) is 5. The van der Waals surface area contributed by atoms with Crippen molar-refractivity contribution in [2.75, 3.05) is 39.4 Å². The van der Waals surface area contributed by atoms with Crippen LogP contribution < -0.4 is 0 Å². The molecule has 2 aliphatic rings. The molecule has 3 amide bonds. The molecule has 12 heteroatoms. The van der Waals surface area contributed by atoms with Crippen LogP contribution in [0.4, 0.5) is 13.6 Å². The molecule has 3 heterocycles. The largest absolute Gasteiger partial charge is 0.465 e. The van der Waals surface area contributed by atoms with E-state index >= 15 is 0 Å². The topological polar surface area (TPSA) is 108 Å². The number of benzene rings is 1. The highest BCUT2D eigenvalue weighted by Crippen LogP contribution is 2.38. The summed E-state index contributed by atoms with van der Waals surface area (Å²) in [7, 11) is 0. The number of ether oxygens (including phenoxy) is 1. The van der Waals surface area contributed by atoms with Crippen LogP contribution in [0, 0.1) is 17.3 Å². The molecule has 41 heavy (non-hydrogen) atoms. The number of likely N-dealkylation sites (tertiary alicyclic amines) is 1. The predicted molar refractivity (Wildman–Crippen MR) is 149 cm³/mol. The van der Waals surface area contributed by atoms with Gasteiger partial charge < -0.3 is 29.1 Å². The zero-order chi connectivity index (χ0) is 30.1. The second-order valence-electron chi connectivity index (χ2n) is 12.5. The van der Waals surface area contributed by atoms with Crippen molar-refractivity contribution in [1.82, 2.24) is 24.3 Å². The van der Waals surface area contributed by atoms with Gasteiger partial charge in [0.05, 0.1) is 48.8 Å². The van der Waals surface area contributed by atoms with Crippen LogP contribution in [-0.2, 0) is 16.1 Å². The quantitative estimate of drug-likeness (QED) is 0.532. The van der Waals surface area contributed by atoms with Gasteiger partial charge in [-0.1, -0.05) is 46.8 Å². The number of fused-ring (bicyclic) bond motifs is 1. The first-order valence-electron chi connectivity index (χ1n) is 14.2. The molecule has 0 aliphatic carbocycles. The molecular weight excluding hydrogens is 536 g/mol. The minimum absolute atomic E-state index is 0.0115. The molecule has 1 N–H and O–H groups in total. The van der Waals surface area contributed by atoms with E-state index in [1.807, 2.05) is 34.6 Å². The van der Waals surface area contributed by atoms with Gasteiger partial charge in [0.1, 0.15) is 0 Å². The Morgan fingerprint density at radius 2 is 1.80 bits per heavy atom. The number of amides is 3. The molecule has 4 rings (SSSR count). The molecule has 3 atom stereocenters. The van der Waals surface area contributed by atoms with Gasteiger partial charge in [0, 0.05) is 26.2 Å². The summed E-state index contributed by atoms with van der Waals surface area (Å²) < 4.78 is 34.1. The average Bonchev–Trinajstić information content (AvgIpc) is 3.27. The van der Waals surface area contributed by atoms with Crippen LogP contribution in [0.15, 0.2) is 24.3 Å². The summed E-state index contributed by atoms with van der Waals surface area (Å²) in [6.07, 6.45) is -3.64. The third kappa shape index (κ3) is 6.63. The first-order chi connectivity index (χ1) is 19.3. The minimum atomic E-state index is -2.72. The van der Waals surface area contributed by atoms with E-state index in [9.17, 15) is 28.3 Å². The van der Waals surface area contributed by atoms with Crippen molar-refractivity contribution < 1.29 is 33.0 Å². The maximum absolute atomic E-state index is 14.4. The van der Waals surface area contributed by atoms with Crippen molar-refractivity contribution in [1.29, 1.82) is 0 Å². The zero-order valence-corrected chi connectivity index (χ0v) is 24.4. The highest BCUT2D eigenvalue weighted by molar-refractivity contribution is 5.95. The monoisotopic (exact) mass is 577 g/mol. The Morgan fingerprint density at radius 1 is 1.15 bits per heavy atom. The van der Waals surface area contributed by atoms with E-state index < -0.39 is 48.4 Å². The van der Waals surface area contributed by atoms with Crippen LogP contribution in [0.1, 0.15) is 51.7 Å². The summed E-state index contributed by atoms with van der Waals surface area (Å²) >= 11 is 0. The van der Waals surface area contributed by atoms with Crippen LogP contribution >= 0.6 is 0 Å². The summed E-state index contributed by atoms with van der Waals surface area (Å²) in [4.78, 5) is 49.7. The Morgan fingerprint density at radius 3 is 2.39 bits per heavy atom. The van der Waals surface area contributed by atoms with Crippen LogP contribution in [0.25, 0.3) is 11.0 Å². The first-order valence-corrected chi connectivity index (χ1v) is 14.2. The number of rotatable bonds is 7. The molecule has 2 saturated heterocycles. The summed E-state index contributed by atoms with van der Waals surface area (Å²) in [6, 6.07) is 5.41. The molecule has 0 spiro atoms. The van der Waals surface area contributed by atoms with Crippen molar-refractivity contribution in [3.63, 3.8) is 0 Å². The smallest absolute Gasteiger partial charge is 0.407 e. The molecule has 2 fully saturated rings. The lowest BCUT2D eigenvalue weighted by Crippen LogP contribution is -2.66. The Bertz CT molecular complexity index is 1250. The molecule has 0 saturated carbocycles. The number of halogens is 2. The number of piperidine rings is 1. The fourth-order valence-corrected chi connectivity index (χ4v) is 6.27. The van der Waals surface area contributed by atoms with E-state index in [1.54, 1.807) is 34.1 Å². The van der Waals surface area contributed by atoms with Crippen LogP contribution in [-0.4, -0.2) is 105 Å². The number of carbonyl (C=O) groups excluding carboxylic acids is 2. The van der Waals surface area contributed by atoms with Gasteiger partial charge in [-0.25, -0.2) is 18.6 Å². The van der Waals surface area contributed by atoms with Gasteiger partial charge in [-0.05, 0) is 29.9 Å². The molecule has 2 aromatic rings. The van der Waals surface area contributed by atoms with E-state index in [1.165, 1.54) is 9.47 Å². The van der Waals surface area contributed by atoms with Gasteiger partial charge in [0.2, 0.25) is 5.91 Å². The number of morpholine rings is 1. The van der Waals surface area contributed by atoms with Crippen molar-refractivity contribution >= 4 is 28.9 Å². The molecule has 226 valence electrons. The van der Waals surface area contributed by atoms with Crippen molar-refractivity contribution in [2.45, 2.75) is 66.1 Å².